The number of nitrogens with one attached hydrogen (secondary N) is 2. The molecule has 1 heterocycles. The van der Waals surface area contributed by atoms with Crippen molar-refractivity contribution < 1.29 is 17.9 Å². The second-order valence-corrected chi connectivity index (χ2v) is 9.47. The first kappa shape index (κ1) is 24.5. The van der Waals surface area contributed by atoms with Crippen molar-refractivity contribution >= 4 is 27.3 Å². The SMILES string of the molecule is COc1ccc(NS(=O)(=O)c2cc(C(=O)Nc3cccc(C#Cc4ccccn4)c3)ccc2C)cc1. The van der Waals surface area contributed by atoms with Crippen molar-refractivity contribution in [2.45, 2.75) is 11.8 Å². The topological polar surface area (TPSA) is 97.4 Å². The van der Waals surface area contributed by atoms with Gasteiger partial charge in [0.25, 0.3) is 15.9 Å². The Kier molecular flexibility index (Phi) is 7.33. The number of sulfonamides is 1. The fraction of sp³-hybridized carbons (Fsp3) is 0.0714. The van der Waals surface area contributed by atoms with Crippen LogP contribution < -0.4 is 14.8 Å². The van der Waals surface area contributed by atoms with Crippen LogP contribution in [0.3, 0.4) is 0 Å². The highest BCUT2D eigenvalue weighted by molar-refractivity contribution is 7.92. The molecule has 4 aromatic rings. The van der Waals surface area contributed by atoms with Crippen molar-refractivity contribution in [2.75, 3.05) is 17.1 Å². The number of hydrogen-bond acceptors (Lipinski definition) is 5. The Morgan fingerprint density at radius 3 is 2.42 bits per heavy atom. The highest BCUT2D eigenvalue weighted by Gasteiger charge is 2.19. The van der Waals surface area contributed by atoms with Crippen LogP contribution in [-0.4, -0.2) is 26.4 Å². The highest BCUT2D eigenvalue weighted by Crippen LogP contribution is 2.23. The van der Waals surface area contributed by atoms with E-state index in [0.717, 1.165) is 0 Å². The fourth-order valence-corrected chi connectivity index (χ4v) is 4.68. The van der Waals surface area contributed by atoms with Crippen LogP contribution in [0.1, 0.15) is 27.2 Å². The normalized spacial score (nSPS) is 10.6. The highest BCUT2D eigenvalue weighted by atomic mass is 32.2. The molecule has 0 atom stereocenters. The van der Waals surface area contributed by atoms with Crippen LogP contribution >= 0.6 is 0 Å². The summed E-state index contributed by atoms with van der Waals surface area (Å²) < 4.78 is 33.7. The van der Waals surface area contributed by atoms with E-state index in [1.165, 1.54) is 13.2 Å². The maximum Gasteiger partial charge on any atom is 0.262 e. The van der Waals surface area contributed by atoms with Crippen molar-refractivity contribution in [1.82, 2.24) is 4.98 Å². The third kappa shape index (κ3) is 6.09. The van der Waals surface area contributed by atoms with Crippen molar-refractivity contribution in [3.63, 3.8) is 0 Å². The zero-order chi connectivity index (χ0) is 25.5. The van der Waals surface area contributed by atoms with E-state index in [2.05, 4.69) is 26.9 Å². The van der Waals surface area contributed by atoms with E-state index >= 15 is 0 Å². The Bertz CT molecular complexity index is 1560. The molecule has 8 heteroatoms. The van der Waals surface area contributed by atoms with Crippen LogP contribution in [0.2, 0.25) is 0 Å². The molecule has 2 N–H and O–H groups in total. The fourth-order valence-electron chi connectivity index (χ4n) is 3.35. The molecule has 0 aliphatic heterocycles. The van der Waals surface area contributed by atoms with E-state index in [1.54, 1.807) is 67.7 Å². The minimum absolute atomic E-state index is 0.0148. The van der Waals surface area contributed by atoms with Crippen LogP contribution in [0.5, 0.6) is 5.75 Å². The molecule has 3 aromatic carbocycles. The second kappa shape index (κ2) is 10.8. The first-order valence-electron chi connectivity index (χ1n) is 11.0. The molecule has 0 saturated carbocycles. The van der Waals surface area contributed by atoms with Crippen LogP contribution in [-0.2, 0) is 10.0 Å². The van der Waals surface area contributed by atoms with Gasteiger partial charge in [-0.1, -0.05) is 24.1 Å². The van der Waals surface area contributed by atoms with Gasteiger partial charge in [-0.25, -0.2) is 13.4 Å². The molecular formula is C28H23N3O4S. The summed E-state index contributed by atoms with van der Waals surface area (Å²) in [6.45, 7) is 1.67. The van der Waals surface area contributed by atoms with Gasteiger partial charge in [-0.2, -0.15) is 0 Å². The summed E-state index contributed by atoms with van der Waals surface area (Å²) in [6, 6.07) is 23.6. The molecule has 0 bridgehead atoms. The number of ether oxygens (including phenoxy) is 1. The number of rotatable bonds is 6. The Hall–Kier alpha value is -4.61. The summed E-state index contributed by atoms with van der Waals surface area (Å²) in [5.41, 5.74) is 2.99. The number of benzene rings is 3. The van der Waals surface area contributed by atoms with Crippen molar-refractivity contribution in [3.8, 4) is 17.6 Å². The zero-order valence-electron chi connectivity index (χ0n) is 19.6. The zero-order valence-corrected chi connectivity index (χ0v) is 20.5. The molecule has 0 radical (unpaired) electrons. The van der Waals surface area contributed by atoms with Gasteiger partial charge >= 0.3 is 0 Å². The Morgan fingerprint density at radius 2 is 1.69 bits per heavy atom. The molecule has 1 amide bonds. The number of nitrogens with zero attached hydrogens (tertiary/aromatic N) is 1. The number of carbonyl (C=O) groups is 1. The molecule has 0 unspecified atom stereocenters. The first-order valence-corrected chi connectivity index (χ1v) is 12.4. The lowest BCUT2D eigenvalue weighted by molar-refractivity contribution is 0.102. The molecule has 4 rings (SSSR count). The van der Waals surface area contributed by atoms with Gasteiger partial charge in [0.05, 0.1) is 12.0 Å². The molecule has 1 aromatic heterocycles. The predicted molar refractivity (Wildman–Crippen MR) is 140 cm³/mol. The number of aryl methyl sites for hydroxylation is 1. The van der Waals surface area contributed by atoms with Gasteiger partial charge in [-0.3, -0.25) is 9.52 Å². The average Bonchev–Trinajstić information content (AvgIpc) is 2.88. The van der Waals surface area contributed by atoms with Gasteiger partial charge in [0.1, 0.15) is 11.4 Å². The molecule has 0 spiro atoms. The van der Waals surface area contributed by atoms with E-state index in [1.807, 2.05) is 24.3 Å². The number of carbonyl (C=O) groups excluding carboxylic acids is 1. The van der Waals surface area contributed by atoms with Crippen molar-refractivity contribution in [2.24, 2.45) is 0 Å². The third-order valence-electron chi connectivity index (χ3n) is 5.20. The maximum atomic E-state index is 13.0. The van der Waals surface area contributed by atoms with Crippen molar-refractivity contribution in [3.05, 3.63) is 114 Å². The lowest BCUT2D eigenvalue weighted by atomic mass is 10.1. The number of amides is 1. The lowest BCUT2D eigenvalue weighted by Gasteiger charge is -2.13. The third-order valence-corrected chi connectivity index (χ3v) is 6.73. The van der Waals surface area contributed by atoms with Gasteiger partial charge < -0.3 is 10.1 Å². The van der Waals surface area contributed by atoms with E-state index in [-0.39, 0.29) is 10.5 Å². The summed E-state index contributed by atoms with van der Waals surface area (Å²) in [6.07, 6.45) is 1.67. The number of aromatic nitrogens is 1. The second-order valence-electron chi connectivity index (χ2n) is 7.81. The lowest BCUT2D eigenvalue weighted by Crippen LogP contribution is -2.17. The Morgan fingerprint density at radius 1 is 0.889 bits per heavy atom. The largest absolute Gasteiger partial charge is 0.497 e. The molecule has 36 heavy (non-hydrogen) atoms. The number of pyridine rings is 1. The van der Waals surface area contributed by atoms with Crippen LogP contribution in [0.25, 0.3) is 0 Å². The summed E-state index contributed by atoms with van der Waals surface area (Å²) in [4.78, 5) is 17.1. The number of hydrogen-bond donors (Lipinski definition) is 2. The molecule has 0 saturated heterocycles. The Labute approximate surface area is 210 Å². The molecule has 0 aliphatic carbocycles. The molecular weight excluding hydrogens is 474 g/mol. The maximum absolute atomic E-state index is 13.0. The van der Waals surface area contributed by atoms with E-state index in [9.17, 15) is 13.2 Å². The first-order chi connectivity index (χ1) is 17.3. The van der Waals surface area contributed by atoms with Gasteiger partial charge in [-0.15, -0.1) is 0 Å². The quantitative estimate of drug-likeness (QED) is 0.371. The monoisotopic (exact) mass is 497 g/mol. The molecule has 0 aliphatic rings. The van der Waals surface area contributed by atoms with E-state index in [0.29, 0.717) is 33.9 Å². The van der Waals surface area contributed by atoms with E-state index < -0.39 is 15.9 Å². The number of anilines is 2. The van der Waals surface area contributed by atoms with Crippen molar-refractivity contribution in [1.29, 1.82) is 0 Å². The van der Waals surface area contributed by atoms with Gasteiger partial charge in [0.2, 0.25) is 0 Å². The minimum Gasteiger partial charge on any atom is -0.497 e. The minimum atomic E-state index is -3.93. The summed E-state index contributed by atoms with van der Waals surface area (Å²) in [5, 5.41) is 2.81. The van der Waals surface area contributed by atoms with Gasteiger partial charge in [0, 0.05) is 28.7 Å². The van der Waals surface area contributed by atoms with E-state index in [4.69, 9.17) is 4.74 Å². The van der Waals surface area contributed by atoms with Crippen LogP contribution in [0.15, 0.2) is 96.0 Å². The molecule has 0 fully saturated rings. The molecule has 7 nitrogen and oxygen atoms in total. The summed E-state index contributed by atoms with van der Waals surface area (Å²) >= 11 is 0. The summed E-state index contributed by atoms with van der Waals surface area (Å²) in [5.74, 6) is 6.17. The van der Waals surface area contributed by atoms with Crippen LogP contribution in [0, 0.1) is 18.8 Å². The average molecular weight is 498 g/mol. The summed E-state index contributed by atoms with van der Waals surface area (Å²) in [7, 11) is -2.40. The standard InChI is InChI=1S/C28H23N3O4S/c1-20-9-11-22(19-27(20)36(33,34)31-24-13-15-26(35-2)16-14-24)28(32)30-25-8-5-6-21(18-25)10-12-23-7-3-4-17-29-23/h3-9,11,13-19,31H,1-2H3,(H,30,32). The number of methoxy groups -OCH3 is 1. The van der Waals surface area contributed by atoms with Gasteiger partial charge in [-0.05, 0) is 85.1 Å². The Balaban J connectivity index is 1.52. The predicted octanol–water partition coefficient (Wildman–Crippen LogP) is 4.85. The smallest absolute Gasteiger partial charge is 0.262 e. The molecule has 180 valence electrons. The van der Waals surface area contributed by atoms with Gasteiger partial charge in [0.15, 0.2) is 0 Å². The van der Waals surface area contributed by atoms with Crippen LogP contribution in [0.4, 0.5) is 11.4 Å².